The summed E-state index contributed by atoms with van der Waals surface area (Å²) in [6, 6.07) is 11.3. The monoisotopic (exact) mass is 461 g/mol. The molecule has 0 unspecified atom stereocenters. The van der Waals surface area contributed by atoms with Gasteiger partial charge in [-0.05, 0) is 74.9 Å². The van der Waals surface area contributed by atoms with E-state index in [-0.39, 0.29) is 12.1 Å². The molecule has 0 radical (unpaired) electrons. The van der Waals surface area contributed by atoms with Crippen molar-refractivity contribution in [1.82, 2.24) is 14.8 Å². The van der Waals surface area contributed by atoms with Crippen LogP contribution >= 0.6 is 0 Å². The number of furan rings is 1. The molecule has 9 nitrogen and oxygen atoms in total. The van der Waals surface area contributed by atoms with E-state index >= 15 is 0 Å². The molecule has 174 valence electrons. The Morgan fingerprint density at radius 1 is 1.12 bits per heavy atom. The standard InChI is InChI=1S/C25H23N3O6/c1-4-33-24(31)17-7-9-19(10-8-17)28-15(2)12-18(16(28)3)13-21-22(29)26-25(32)27(23(21)30)14-20-6-5-11-34-20/h5-13H,4,14H2,1-3H3,(H,26,29,32). The summed E-state index contributed by atoms with van der Waals surface area (Å²) in [6.45, 7) is 5.71. The minimum absolute atomic E-state index is 0.0892. The highest BCUT2D eigenvalue weighted by Gasteiger charge is 2.36. The second-order valence-electron chi connectivity index (χ2n) is 7.72. The summed E-state index contributed by atoms with van der Waals surface area (Å²) < 4.78 is 12.2. The Labute approximate surface area is 195 Å². The molecule has 1 aliphatic rings. The molecular formula is C25H23N3O6. The van der Waals surface area contributed by atoms with Crippen LogP contribution in [-0.4, -0.2) is 39.9 Å². The van der Waals surface area contributed by atoms with Crippen molar-refractivity contribution in [2.24, 2.45) is 0 Å². The predicted molar refractivity (Wildman–Crippen MR) is 122 cm³/mol. The number of imide groups is 2. The van der Waals surface area contributed by atoms with Crippen molar-refractivity contribution >= 4 is 29.9 Å². The summed E-state index contributed by atoms with van der Waals surface area (Å²) in [4.78, 5) is 50.5. The maximum Gasteiger partial charge on any atom is 0.338 e. The fourth-order valence-corrected chi connectivity index (χ4v) is 3.84. The van der Waals surface area contributed by atoms with Crippen molar-refractivity contribution in [3.63, 3.8) is 0 Å². The van der Waals surface area contributed by atoms with Crippen LogP contribution in [0.3, 0.4) is 0 Å². The van der Waals surface area contributed by atoms with Crippen LogP contribution in [0, 0.1) is 13.8 Å². The topological polar surface area (TPSA) is 111 Å². The quantitative estimate of drug-likeness (QED) is 0.342. The zero-order valence-corrected chi connectivity index (χ0v) is 19.0. The second-order valence-corrected chi connectivity index (χ2v) is 7.72. The van der Waals surface area contributed by atoms with Crippen LogP contribution < -0.4 is 5.32 Å². The Morgan fingerprint density at radius 2 is 1.85 bits per heavy atom. The number of aryl methyl sites for hydroxylation is 1. The number of benzene rings is 1. The number of amides is 4. The molecule has 1 aromatic carbocycles. The first-order valence-electron chi connectivity index (χ1n) is 10.7. The third-order valence-corrected chi connectivity index (χ3v) is 5.49. The van der Waals surface area contributed by atoms with Crippen LogP contribution in [0.5, 0.6) is 0 Å². The normalized spacial score (nSPS) is 15.1. The first-order chi connectivity index (χ1) is 16.3. The molecule has 1 fully saturated rings. The first-order valence-corrected chi connectivity index (χ1v) is 10.7. The van der Waals surface area contributed by atoms with Crippen LogP contribution in [0.15, 0.2) is 58.7 Å². The summed E-state index contributed by atoms with van der Waals surface area (Å²) in [7, 11) is 0. The van der Waals surface area contributed by atoms with Gasteiger partial charge >= 0.3 is 12.0 Å². The number of nitrogens with zero attached hydrogens (tertiary/aromatic N) is 2. The van der Waals surface area contributed by atoms with Crippen LogP contribution in [0.4, 0.5) is 4.79 Å². The van der Waals surface area contributed by atoms with Gasteiger partial charge in [-0.1, -0.05) is 0 Å². The van der Waals surface area contributed by atoms with Crippen molar-refractivity contribution in [2.75, 3.05) is 6.61 Å². The van der Waals surface area contributed by atoms with E-state index in [9.17, 15) is 19.2 Å². The van der Waals surface area contributed by atoms with Gasteiger partial charge < -0.3 is 13.7 Å². The average Bonchev–Trinajstić information content (AvgIpc) is 3.42. The molecule has 0 spiro atoms. The van der Waals surface area contributed by atoms with Gasteiger partial charge in [0.2, 0.25) is 0 Å². The molecule has 0 aliphatic carbocycles. The lowest BCUT2D eigenvalue weighted by Crippen LogP contribution is -2.53. The number of hydrogen-bond acceptors (Lipinski definition) is 6. The van der Waals surface area contributed by atoms with Gasteiger partial charge in [0.05, 0.1) is 25.0 Å². The number of carbonyl (C=O) groups excluding carboxylic acids is 4. The van der Waals surface area contributed by atoms with Gasteiger partial charge in [0.1, 0.15) is 11.3 Å². The number of barbiturate groups is 1. The molecule has 4 amide bonds. The van der Waals surface area contributed by atoms with Gasteiger partial charge in [-0.25, -0.2) is 9.59 Å². The van der Waals surface area contributed by atoms with E-state index in [2.05, 4.69) is 5.32 Å². The summed E-state index contributed by atoms with van der Waals surface area (Å²) in [5.41, 5.74) is 3.40. The third-order valence-electron chi connectivity index (χ3n) is 5.49. The molecule has 0 bridgehead atoms. The van der Waals surface area contributed by atoms with E-state index in [1.165, 1.54) is 12.3 Å². The van der Waals surface area contributed by atoms with E-state index < -0.39 is 23.8 Å². The minimum Gasteiger partial charge on any atom is -0.467 e. The van der Waals surface area contributed by atoms with Crippen molar-refractivity contribution in [3.05, 3.63) is 82.6 Å². The molecule has 1 aliphatic heterocycles. The molecular weight excluding hydrogens is 438 g/mol. The van der Waals surface area contributed by atoms with Gasteiger partial charge in [-0.15, -0.1) is 0 Å². The van der Waals surface area contributed by atoms with Gasteiger partial charge in [-0.2, -0.15) is 0 Å². The Kier molecular flexibility index (Phi) is 6.18. The molecule has 0 atom stereocenters. The van der Waals surface area contributed by atoms with Crippen LogP contribution in [-0.2, 0) is 20.9 Å². The van der Waals surface area contributed by atoms with Crippen LogP contribution in [0.2, 0.25) is 0 Å². The maximum atomic E-state index is 13.0. The largest absolute Gasteiger partial charge is 0.467 e. The summed E-state index contributed by atoms with van der Waals surface area (Å²) in [5, 5.41) is 2.21. The van der Waals surface area contributed by atoms with E-state index in [0.717, 1.165) is 22.0 Å². The highest BCUT2D eigenvalue weighted by molar-refractivity contribution is 6.31. The lowest BCUT2D eigenvalue weighted by atomic mass is 10.1. The molecule has 2 aromatic heterocycles. The van der Waals surface area contributed by atoms with Gasteiger partial charge in [0.25, 0.3) is 11.8 Å². The van der Waals surface area contributed by atoms with Crippen LogP contribution in [0.25, 0.3) is 11.8 Å². The van der Waals surface area contributed by atoms with E-state index in [0.29, 0.717) is 23.5 Å². The number of esters is 1. The zero-order valence-electron chi connectivity index (χ0n) is 19.0. The molecule has 1 saturated heterocycles. The third kappa shape index (κ3) is 4.27. The minimum atomic E-state index is -0.796. The van der Waals surface area contributed by atoms with Gasteiger partial charge in [-0.3, -0.25) is 19.8 Å². The van der Waals surface area contributed by atoms with Crippen molar-refractivity contribution < 1.29 is 28.3 Å². The number of aromatic nitrogens is 1. The SMILES string of the molecule is CCOC(=O)c1ccc(-n2c(C)cc(C=C3C(=O)NC(=O)N(Cc4ccco4)C3=O)c2C)cc1. The molecule has 4 rings (SSSR count). The molecule has 9 heteroatoms. The molecule has 34 heavy (non-hydrogen) atoms. The highest BCUT2D eigenvalue weighted by Crippen LogP contribution is 2.25. The number of urea groups is 1. The summed E-state index contributed by atoms with van der Waals surface area (Å²) in [6.07, 6.45) is 2.92. The summed E-state index contributed by atoms with van der Waals surface area (Å²) >= 11 is 0. The molecule has 3 heterocycles. The first kappa shape index (κ1) is 22.8. The van der Waals surface area contributed by atoms with E-state index in [1.54, 1.807) is 43.3 Å². The lowest BCUT2D eigenvalue weighted by Gasteiger charge is -2.25. The fourth-order valence-electron chi connectivity index (χ4n) is 3.84. The smallest absolute Gasteiger partial charge is 0.338 e. The number of carbonyl (C=O) groups is 4. The predicted octanol–water partition coefficient (Wildman–Crippen LogP) is 3.53. The van der Waals surface area contributed by atoms with Gasteiger partial charge in [0.15, 0.2) is 0 Å². The number of nitrogens with one attached hydrogen (secondary N) is 1. The number of rotatable bonds is 6. The fraction of sp³-hybridized carbons (Fsp3) is 0.200. The number of ether oxygens (including phenoxy) is 1. The Morgan fingerprint density at radius 3 is 2.50 bits per heavy atom. The number of hydrogen-bond donors (Lipinski definition) is 1. The molecule has 1 N–H and O–H groups in total. The van der Waals surface area contributed by atoms with E-state index in [1.807, 2.05) is 24.5 Å². The second kappa shape index (κ2) is 9.22. The zero-order chi connectivity index (χ0) is 24.4. The van der Waals surface area contributed by atoms with Crippen molar-refractivity contribution in [3.8, 4) is 5.69 Å². The van der Waals surface area contributed by atoms with Crippen molar-refractivity contribution in [1.29, 1.82) is 0 Å². The maximum absolute atomic E-state index is 13.0. The van der Waals surface area contributed by atoms with E-state index in [4.69, 9.17) is 9.15 Å². The highest BCUT2D eigenvalue weighted by atomic mass is 16.5. The summed E-state index contributed by atoms with van der Waals surface area (Å²) in [5.74, 6) is -1.43. The average molecular weight is 461 g/mol. The van der Waals surface area contributed by atoms with Crippen LogP contribution in [0.1, 0.15) is 40.0 Å². The van der Waals surface area contributed by atoms with Gasteiger partial charge in [0, 0.05) is 17.1 Å². The molecule has 0 saturated carbocycles. The van der Waals surface area contributed by atoms with Crippen molar-refractivity contribution in [2.45, 2.75) is 27.3 Å². The Bertz CT molecular complexity index is 1300. The Hall–Kier alpha value is -4.40. The molecule has 3 aromatic rings. The Balaban J connectivity index is 1.65. The lowest BCUT2D eigenvalue weighted by molar-refractivity contribution is -0.130.